The van der Waals surface area contributed by atoms with Crippen LogP contribution >= 0.6 is 0 Å². The second kappa shape index (κ2) is 12.8. The van der Waals surface area contributed by atoms with Crippen LogP contribution in [-0.4, -0.2) is 31.9 Å². The van der Waals surface area contributed by atoms with Crippen molar-refractivity contribution < 1.29 is 4.74 Å². The molecule has 0 bridgehead atoms. The lowest BCUT2D eigenvalue weighted by Gasteiger charge is -2.27. The van der Waals surface area contributed by atoms with Crippen LogP contribution in [-0.2, 0) is 4.74 Å². The molecule has 0 rings (SSSR count). The molecule has 0 saturated heterocycles. The van der Waals surface area contributed by atoms with Gasteiger partial charge in [0, 0.05) is 12.5 Å². The van der Waals surface area contributed by atoms with Crippen molar-refractivity contribution >= 4 is 0 Å². The van der Waals surface area contributed by atoms with Crippen LogP contribution in [0.3, 0.4) is 0 Å². The largest absolute Gasteiger partial charge is 0.497 e. The Kier molecular flexibility index (Phi) is 12.0. The number of nitrogens with one attached hydrogen (secondary N) is 1. The maximum Gasteiger partial charge on any atom is 0.131 e. The second-order valence-corrected chi connectivity index (χ2v) is 6.23. The Morgan fingerprint density at radius 1 is 1.33 bits per heavy atom. The summed E-state index contributed by atoms with van der Waals surface area (Å²) in [5, 5.41) is 3.21. The van der Waals surface area contributed by atoms with E-state index in [0.29, 0.717) is 0 Å². The van der Waals surface area contributed by atoms with Crippen LogP contribution in [0, 0.1) is 5.41 Å². The molecule has 138 valence electrons. The third-order valence-electron chi connectivity index (χ3n) is 3.92. The number of hydrogen-bond acceptors (Lipinski definition) is 4. The summed E-state index contributed by atoms with van der Waals surface area (Å²) in [6.45, 7) is 9.35. The molecule has 0 saturated carbocycles. The van der Waals surface area contributed by atoms with E-state index in [2.05, 4.69) is 50.5 Å². The molecule has 0 aromatic heterocycles. The number of nitrogens with two attached hydrogens (primary N) is 1. The standard InChI is InChI=1S/C20H37N3O/c1-7-10-14-20(4,15-11-13-18(24-6)12-8-2)16-17-23(5)19(21)22-9-3/h8,11-13,15-17,19,22H,7,9-10,14,21H2,1-6H3/b12-8-,15-11+,17-16+,18-13+. The normalized spacial score (nSPS) is 16.9. The third-order valence-corrected chi connectivity index (χ3v) is 3.92. The van der Waals surface area contributed by atoms with Gasteiger partial charge in [0.25, 0.3) is 0 Å². The zero-order chi connectivity index (χ0) is 18.4. The number of methoxy groups -OCH3 is 1. The first-order valence-electron chi connectivity index (χ1n) is 8.88. The summed E-state index contributed by atoms with van der Waals surface area (Å²) in [5.74, 6) is 0.849. The summed E-state index contributed by atoms with van der Waals surface area (Å²) in [6.07, 6.45) is 17.8. The van der Waals surface area contributed by atoms with Crippen LogP contribution in [0.2, 0.25) is 0 Å². The van der Waals surface area contributed by atoms with E-state index in [0.717, 1.165) is 18.7 Å². The van der Waals surface area contributed by atoms with Crippen LogP contribution in [0.1, 0.15) is 47.0 Å². The average Bonchev–Trinajstić information content (AvgIpc) is 2.57. The Morgan fingerprint density at radius 3 is 2.58 bits per heavy atom. The molecule has 2 unspecified atom stereocenters. The summed E-state index contributed by atoms with van der Waals surface area (Å²) in [4.78, 5) is 2.00. The van der Waals surface area contributed by atoms with E-state index in [4.69, 9.17) is 10.5 Å². The SMILES string of the molecule is C\C=C/C(=C\C=C\C(C)(/C=C/N(C)C(N)NCC)CCCC)OC. The van der Waals surface area contributed by atoms with Gasteiger partial charge in [-0.1, -0.05) is 57.9 Å². The van der Waals surface area contributed by atoms with Crippen LogP contribution < -0.4 is 11.1 Å². The lowest BCUT2D eigenvalue weighted by Crippen LogP contribution is -2.47. The molecule has 2 atom stereocenters. The fourth-order valence-corrected chi connectivity index (χ4v) is 2.23. The zero-order valence-corrected chi connectivity index (χ0v) is 16.4. The van der Waals surface area contributed by atoms with Crippen molar-refractivity contribution in [1.82, 2.24) is 10.2 Å². The van der Waals surface area contributed by atoms with E-state index >= 15 is 0 Å². The minimum Gasteiger partial charge on any atom is -0.497 e. The smallest absolute Gasteiger partial charge is 0.131 e. The number of allylic oxidation sites excluding steroid dienone is 6. The van der Waals surface area contributed by atoms with Gasteiger partial charge in [-0.2, -0.15) is 0 Å². The Balaban J connectivity index is 5.12. The van der Waals surface area contributed by atoms with Gasteiger partial charge in [0.05, 0.1) is 7.11 Å². The molecule has 0 aliphatic rings. The van der Waals surface area contributed by atoms with Gasteiger partial charge in [0.1, 0.15) is 12.0 Å². The highest BCUT2D eigenvalue weighted by atomic mass is 16.5. The van der Waals surface area contributed by atoms with Crippen molar-refractivity contribution in [2.24, 2.45) is 11.1 Å². The minimum absolute atomic E-state index is 0.0124. The molecule has 0 amide bonds. The summed E-state index contributed by atoms with van der Waals surface area (Å²) in [6, 6.07) is 0. The van der Waals surface area contributed by atoms with Gasteiger partial charge in [-0.15, -0.1) is 0 Å². The van der Waals surface area contributed by atoms with Gasteiger partial charge < -0.3 is 9.64 Å². The Hall–Kier alpha value is -1.52. The molecule has 0 aliphatic carbocycles. The molecule has 0 heterocycles. The molecule has 0 radical (unpaired) electrons. The lowest BCUT2D eigenvalue weighted by molar-refractivity contribution is 0.283. The Bertz CT molecular complexity index is 440. The number of unbranched alkanes of at least 4 members (excludes halogenated alkanes) is 1. The minimum atomic E-state index is -0.166. The predicted octanol–water partition coefficient (Wildman–Crippen LogP) is 4.14. The van der Waals surface area contributed by atoms with Crippen molar-refractivity contribution in [2.75, 3.05) is 20.7 Å². The first kappa shape index (κ1) is 22.5. The van der Waals surface area contributed by atoms with Crippen molar-refractivity contribution in [2.45, 2.75) is 53.2 Å². The van der Waals surface area contributed by atoms with Gasteiger partial charge >= 0.3 is 0 Å². The highest BCUT2D eigenvalue weighted by Gasteiger charge is 2.17. The van der Waals surface area contributed by atoms with Crippen molar-refractivity contribution in [3.63, 3.8) is 0 Å². The second-order valence-electron chi connectivity index (χ2n) is 6.23. The highest BCUT2D eigenvalue weighted by molar-refractivity contribution is 5.21. The number of nitrogens with zero attached hydrogens (tertiary/aromatic N) is 1. The number of rotatable bonds is 12. The van der Waals surface area contributed by atoms with Gasteiger partial charge in [-0.3, -0.25) is 11.1 Å². The molecule has 0 aromatic carbocycles. The molecule has 0 fully saturated rings. The van der Waals surface area contributed by atoms with Crippen molar-refractivity contribution in [3.05, 3.63) is 48.4 Å². The molecular weight excluding hydrogens is 298 g/mol. The molecule has 0 aromatic rings. The van der Waals surface area contributed by atoms with Gasteiger partial charge in [0.2, 0.25) is 0 Å². The number of hydrogen-bond donors (Lipinski definition) is 2. The van der Waals surface area contributed by atoms with E-state index in [1.165, 1.54) is 12.8 Å². The fraction of sp³-hybridized carbons (Fsp3) is 0.600. The van der Waals surface area contributed by atoms with Crippen molar-refractivity contribution in [1.29, 1.82) is 0 Å². The van der Waals surface area contributed by atoms with Crippen LogP contribution in [0.25, 0.3) is 0 Å². The van der Waals surface area contributed by atoms with E-state index in [9.17, 15) is 0 Å². The summed E-state index contributed by atoms with van der Waals surface area (Å²) < 4.78 is 5.32. The molecule has 3 N–H and O–H groups in total. The summed E-state index contributed by atoms with van der Waals surface area (Å²) in [5.41, 5.74) is 6.05. The fourth-order valence-electron chi connectivity index (χ4n) is 2.23. The topological polar surface area (TPSA) is 50.5 Å². The third kappa shape index (κ3) is 9.58. The van der Waals surface area contributed by atoms with E-state index in [1.807, 2.05) is 37.1 Å². The summed E-state index contributed by atoms with van der Waals surface area (Å²) >= 11 is 0. The maximum absolute atomic E-state index is 6.06. The molecule has 0 aliphatic heterocycles. The van der Waals surface area contributed by atoms with E-state index in [-0.39, 0.29) is 11.7 Å². The van der Waals surface area contributed by atoms with E-state index < -0.39 is 0 Å². The Morgan fingerprint density at radius 2 is 2.04 bits per heavy atom. The maximum atomic E-state index is 6.06. The van der Waals surface area contributed by atoms with Crippen LogP contribution in [0.5, 0.6) is 0 Å². The first-order chi connectivity index (χ1) is 11.4. The molecule has 0 spiro atoms. The summed E-state index contributed by atoms with van der Waals surface area (Å²) in [7, 11) is 3.68. The van der Waals surface area contributed by atoms with Crippen LogP contribution in [0.15, 0.2) is 48.4 Å². The molecule has 24 heavy (non-hydrogen) atoms. The zero-order valence-electron chi connectivity index (χ0n) is 16.4. The van der Waals surface area contributed by atoms with Gasteiger partial charge in [-0.05, 0) is 38.2 Å². The van der Waals surface area contributed by atoms with Crippen molar-refractivity contribution in [3.8, 4) is 0 Å². The van der Waals surface area contributed by atoms with Gasteiger partial charge in [-0.25, -0.2) is 0 Å². The molecular formula is C20H37N3O. The Labute approximate surface area is 149 Å². The van der Waals surface area contributed by atoms with Crippen LogP contribution in [0.4, 0.5) is 0 Å². The molecule has 4 heteroatoms. The monoisotopic (exact) mass is 335 g/mol. The predicted molar refractivity (Wildman–Crippen MR) is 105 cm³/mol. The highest BCUT2D eigenvalue weighted by Crippen LogP contribution is 2.28. The average molecular weight is 336 g/mol. The first-order valence-corrected chi connectivity index (χ1v) is 8.88. The number of ether oxygens (including phenoxy) is 1. The lowest BCUT2D eigenvalue weighted by atomic mass is 9.84. The quantitative estimate of drug-likeness (QED) is 0.320. The van der Waals surface area contributed by atoms with Gasteiger partial charge in [0.15, 0.2) is 0 Å². The molecule has 4 nitrogen and oxygen atoms in total. The van der Waals surface area contributed by atoms with E-state index in [1.54, 1.807) is 7.11 Å².